The molecule has 1 aromatic carbocycles. The molecular weight excluding hydrogens is 309 g/mol. The van der Waals surface area contributed by atoms with E-state index in [4.69, 9.17) is 0 Å². The number of benzene rings is 1. The first-order valence-corrected chi connectivity index (χ1v) is 7.66. The molecular formula is C11H15BrFNO2S. The quantitative estimate of drug-likeness (QED) is 0.905. The first kappa shape index (κ1) is 14.6. The van der Waals surface area contributed by atoms with Crippen LogP contribution in [0.25, 0.3) is 0 Å². The van der Waals surface area contributed by atoms with Crippen LogP contribution < -0.4 is 4.72 Å². The topological polar surface area (TPSA) is 46.2 Å². The van der Waals surface area contributed by atoms with E-state index >= 15 is 0 Å². The van der Waals surface area contributed by atoms with Gasteiger partial charge >= 0.3 is 0 Å². The summed E-state index contributed by atoms with van der Waals surface area (Å²) in [7, 11) is -3.34. The van der Waals surface area contributed by atoms with Gasteiger partial charge in [0.1, 0.15) is 5.82 Å². The summed E-state index contributed by atoms with van der Waals surface area (Å²) in [4.78, 5) is 0. The van der Waals surface area contributed by atoms with E-state index in [1.165, 1.54) is 6.07 Å². The third-order valence-electron chi connectivity index (χ3n) is 2.04. The van der Waals surface area contributed by atoms with Gasteiger partial charge in [-0.1, -0.05) is 29.8 Å². The normalized spacial score (nSPS) is 12.1. The molecule has 0 aliphatic rings. The van der Waals surface area contributed by atoms with Crippen LogP contribution in [-0.4, -0.2) is 14.2 Å². The lowest BCUT2D eigenvalue weighted by Gasteiger charge is -2.09. The molecule has 0 bridgehead atoms. The van der Waals surface area contributed by atoms with Crippen molar-refractivity contribution >= 4 is 26.0 Å². The number of sulfonamides is 1. The zero-order valence-corrected chi connectivity index (χ0v) is 12.1. The fraction of sp³-hybridized carbons (Fsp3) is 0.455. The maximum absolute atomic E-state index is 13.4. The maximum atomic E-state index is 13.4. The van der Waals surface area contributed by atoms with Gasteiger partial charge in [0.05, 0.1) is 5.75 Å². The van der Waals surface area contributed by atoms with Gasteiger partial charge in [-0.2, -0.15) is 0 Å². The molecule has 96 valence electrons. The van der Waals surface area contributed by atoms with Gasteiger partial charge in [-0.15, -0.1) is 0 Å². The highest BCUT2D eigenvalue weighted by Crippen LogP contribution is 2.15. The second kappa shape index (κ2) is 5.93. The van der Waals surface area contributed by atoms with Crippen LogP contribution in [0.4, 0.5) is 4.39 Å². The molecule has 0 saturated heterocycles. The fourth-order valence-corrected chi connectivity index (χ4v) is 3.14. The summed E-state index contributed by atoms with van der Waals surface area (Å²) in [5.74, 6) is -0.330. The first-order valence-electron chi connectivity index (χ1n) is 5.21. The third-order valence-corrected chi connectivity index (χ3v) is 4.23. The van der Waals surface area contributed by atoms with Crippen LogP contribution in [0, 0.1) is 11.7 Å². The molecule has 0 radical (unpaired) electrons. The van der Waals surface area contributed by atoms with E-state index < -0.39 is 15.8 Å². The molecule has 0 spiro atoms. The van der Waals surface area contributed by atoms with Gasteiger partial charge in [0.25, 0.3) is 0 Å². The van der Waals surface area contributed by atoms with Gasteiger partial charge in [0.2, 0.25) is 10.0 Å². The Morgan fingerprint density at radius 1 is 1.41 bits per heavy atom. The lowest BCUT2D eigenvalue weighted by Crippen LogP contribution is -2.28. The van der Waals surface area contributed by atoms with Crippen LogP contribution in [0.2, 0.25) is 0 Å². The minimum Gasteiger partial charge on any atom is -0.212 e. The zero-order chi connectivity index (χ0) is 13.1. The molecule has 17 heavy (non-hydrogen) atoms. The van der Waals surface area contributed by atoms with Crippen molar-refractivity contribution in [3.63, 3.8) is 0 Å². The Bertz CT molecular complexity index is 488. The summed E-state index contributed by atoms with van der Waals surface area (Å²) >= 11 is 3.21. The molecule has 3 nitrogen and oxygen atoms in total. The molecule has 0 saturated carbocycles. The standard InChI is InChI=1S/C11H15BrFNO2S/c1-8(2)7-17(15,16)14-6-9-5-10(12)3-4-11(9)13/h3-5,8,14H,6-7H2,1-2H3. The van der Waals surface area contributed by atoms with Crippen LogP contribution in [0.5, 0.6) is 0 Å². The maximum Gasteiger partial charge on any atom is 0.212 e. The van der Waals surface area contributed by atoms with E-state index in [0.717, 1.165) is 4.47 Å². The molecule has 0 fully saturated rings. The van der Waals surface area contributed by atoms with Crippen LogP contribution in [0.3, 0.4) is 0 Å². The molecule has 1 N–H and O–H groups in total. The molecule has 6 heteroatoms. The molecule has 1 aromatic rings. The van der Waals surface area contributed by atoms with Crippen molar-refractivity contribution in [1.29, 1.82) is 0 Å². The second-order valence-corrected chi connectivity index (χ2v) is 7.00. The lowest BCUT2D eigenvalue weighted by atomic mass is 10.2. The molecule has 0 aliphatic heterocycles. The van der Waals surface area contributed by atoms with Crippen molar-refractivity contribution in [2.75, 3.05) is 5.75 Å². The fourth-order valence-electron chi connectivity index (χ4n) is 1.36. The van der Waals surface area contributed by atoms with Gasteiger partial charge < -0.3 is 0 Å². The van der Waals surface area contributed by atoms with Crippen LogP contribution in [0.15, 0.2) is 22.7 Å². The minimum absolute atomic E-state index is 0.0275. The Kier molecular flexibility index (Phi) is 5.09. The Hall–Kier alpha value is -0.460. The van der Waals surface area contributed by atoms with Gasteiger partial charge in [-0.3, -0.25) is 0 Å². The number of hydrogen-bond donors (Lipinski definition) is 1. The van der Waals surface area contributed by atoms with E-state index in [2.05, 4.69) is 20.7 Å². The smallest absolute Gasteiger partial charge is 0.212 e. The third kappa shape index (κ3) is 5.14. The van der Waals surface area contributed by atoms with Crippen molar-refractivity contribution in [1.82, 2.24) is 4.72 Å². The largest absolute Gasteiger partial charge is 0.212 e. The molecule has 0 aromatic heterocycles. The summed E-state index contributed by atoms with van der Waals surface area (Å²) in [6, 6.07) is 4.44. The summed E-state index contributed by atoms with van der Waals surface area (Å²) in [5.41, 5.74) is 0.326. The summed E-state index contributed by atoms with van der Waals surface area (Å²) in [6.45, 7) is 3.61. The minimum atomic E-state index is -3.34. The second-order valence-electron chi connectivity index (χ2n) is 4.23. The Morgan fingerprint density at radius 3 is 2.65 bits per heavy atom. The summed E-state index contributed by atoms with van der Waals surface area (Å²) in [6.07, 6.45) is 0. The average molecular weight is 324 g/mol. The van der Waals surface area contributed by atoms with Gasteiger partial charge in [-0.05, 0) is 24.1 Å². The van der Waals surface area contributed by atoms with E-state index in [-0.39, 0.29) is 18.2 Å². The molecule has 1 rings (SSSR count). The average Bonchev–Trinajstić information content (AvgIpc) is 2.17. The van der Waals surface area contributed by atoms with Gasteiger partial charge in [-0.25, -0.2) is 17.5 Å². The number of halogens is 2. The molecule has 0 unspecified atom stereocenters. The Labute approximate surface area is 110 Å². The van der Waals surface area contributed by atoms with Crippen LogP contribution in [-0.2, 0) is 16.6 Å². The van der Waals surface area contributed by atoms with Crippen molar-refractivity contribution in [2.24, 2.45) is 5.92 Å². The Morgan fingerprint density at radius 2 is 2.06 bits per heavy atom. The van der Waals surface area contributed by atoms with Crippen molar-refractivity contribution in [3.05, 3.63) is 34.1 Å². The SMILES string of the molecule is CC(C)CS(=O)(=O)NCc1cc(Br)ccc1F. The lowest BCUT2D eigenvalue weighted by molar-refractivity contribution is 0.563. The molecule has 0 atom stereocenters. The zero-order valence-electron chi connectivity index (χ0n) is 9.70. The highest BCUT2D eigenvalue weighted by atomic mass is 79.9. The highest BCUT2D eigenvalue weighted by Gasteiger charge is 2.13. The first-order chi connectivity index (χ1) is 7.80. The van der Waals surface area contributed by atoms with E-state index in [1.54, 1.807) is 12.1 Å². The van der Waals surface area contributed by atoms with Crippen molar-refractivity contribution in [3.8, 4) is 0 Å². The molecule has 0 heterocycles. The number of rotatable bonds is 5. The predicted octanol–water partition coefficient (Wildman–Crippen LogP) is 2.66. The molecule has 0 aliphatic carbocycles. The van der Waals surface area contributed by atoms with Gasteiger partial charge in [0.15, 0.2) is 0 Å². The number of nitrogens with one attached hydrogen (secondary N) is 1. The van der Waals surface area contributed by atoms with Crippen molar-refractivity contribution < 1.29 is 12.8 Å². The number of hydrogen-bond acceptors (Lipinski definition) is 2. The summed E-state index contributed by atoms with van der Waals surface area (Å²) < 4.78 is 39.6. The van der Waals surface area contributed by atoms with E-state index in [1.807, 2.05) is 13.8 Å². The van der Waals surface area contributed by atoms with Crippen molar-refractivity contribution in [2.45, 2.75) is 20.4 Å². The van der Waals surface area contributed by atoms with Crippen LogP contribution >= 0.6 is 15.9 Å². The van der Waals surface area contributed by atoms with E-state index in [9.17, 15) is 12.8 Å². The van der Waals surface area contributed by atoms with E-state index in [0.29, 0.717) is 5.56 Å². The molecule has 0 amide bonds. The van der Waals surface area contributed by atoms with Crippen LogP contribution in [0.1, 0.15) is 19.4 Å². The Balaban J connectivity index is 2.70. The highest BCUT2D eigenvalue weighted by molar-refractivity contribution is 9.10. The van der Waals surface area contributed by atoms with Gasteiger partial charge in [0, 0.05) is 16.6 Å². The predicted molar refractivity (Wildman–Crippen MR) is 69.6 cm³/mol. The monoisotopic (exact) mass is 323 g/mol. The summed E-state index contributed by atoms with van der Waals surface area (Å²) in [5, 5.41) is 0.